The lowest BCUT2D eigenvalue weighted by Gasteiger charge is -2.40. The van der Waals surface area contributed by atoms with E-state index in [1.807, 2.05) is 36.5 Å². The minimum absolute atomic E-state index is 0.324. The second kappa shape index (κ2) is 6.29. The number of nitrogen functional groups attached to an aromatic ring is 1. The van der Waals surface area contributed by atoms with E-state index in [0.717, 1.165) is 53.6 Å². The lowest BCUT2D eigenvalue weighted by atomic mass is 9.80. The maximum Gasteiger partial charge on any atom is 0.156 e. The van der Waals surface area contributed by atoms with Gasteiger partial charge in [-0.05, 0) is 49.1 Å². The first-order chi connectivity index (χ1) is 12.8. The molecule has 3 N–H and O–H groups in total. The zero-order valence-electron chi connectivity index (χ0n) is 14.7. The summed E-state index contributed by atoms with van der Waals surface area (Å²) >= 11 is 0. The van der Waals surface area contributed by atoms with E-state index in [1.54, 1.807) is 0 Å². The first-order valence-electron chi connectivity index (χ1n) is 9.35. The van der Waals surface area contributed by atoms with E-state index in [0.29, 0.717) is 12.0 Å². The molecule has 2 fully saturated rings. The number of anilines is 2. The smallest absolute Gasteiger partial charge is 0.156 e. The second-order valence-electron chi connectivity index (χ2n) is 7.28. The van der Waals surface area contributed by atoms with E-state index >= 15 is 0 Å². The number of pyridine rings is 1. The van der Waals surface area contributed by atoms with Crippen LogP contribution in [0.3, 0.4) is 0 Å². The zero-order valence-corrected chi connectivity index (χ0v) is 14.7. The number of imidazole rings is 1. The first-order valence-corrected chi connectivity index (χ1v) is 9.35. The highest BCUT2D eigenvalue weighted by molar-refractivity contribution is 5.88. The van der Waals surface area contributed by atoms with Crippen molar-refractivity contribution in [2.75, 3.05) is 30.3 Å². The van der Waals surface area contributed by atoms with Gasteiger partial charge in [0.1, 0.15) is 11.3 Å². The lowest BCUT2D eigenvalue weighted by molar-refractivity contribution is -0.0225. The molecule has 0 spiro atoms. The van der Waals surface area contributed by atoms with Gasteiger partial charge >= 0.3 is 0 Å². The Balaban J connectivity index is 1.48. The molecule has 3 heterocycles. The second-order valence-corrected chi connectivity index (χ2v) is 7.28. The van der Waals surface area contributed by atoms with Crippen LogP contribution in [0, 0.1) is 5.92 Å². The Bertz CT molecular complexity index is 916. The number of morpholine rings is 1. The summed E-state index contributed by atoms with van der Waals surface area (Å²) in [6.45, 7) is 2.52. The average molecular weight is 349 g/mol. The molecule has 0 amide bonds. The van der Waals surface area contributed by atoms with Crippen LogP contribution >= 0.6 is 0 Å². The molecule has 0 radical (unpaired) electrons. The Labute approximate surface area is 152 Å². The summed E-state index contributed by atoms with van der Waals surface area (Å²) in [6.07, 6.45) is 6.10. The van der Waals surface area contributed by atoms with Crippen molar-refractivity contribution in [1.82, 2.24) is 15.0 Å². The molecule has 6 nitrogen and oxygen atoms in total. The minimum atomic E-state index is 0.324. The molecule has 1 aromatic carbocycles. The number of hydrogen-bond acceptors (Lipinski definition) is 5. The fraction of sp³-hybridized carbons (Fsp3) is 0.400. The molecule has 2 aromatic heterocycles. The van der Waals surface area contributed by atoms with Gasteiger partial charge in [0, 0.05) is 30.5 Å². The summed E-state index contributed by atoms with van der Waals surface area (Å²) in [5, 5.41) is 0. The van der Waals surface area contributed by atoms with Gasteiger partial charge in [0.05, 0.1) is 18.2 Å². The van der Waals surface area contributed by atoms with Gasteiger partial charge in [0.2, 0.25) is 0 Å². The van der Waals surface area contributed by atoms with Crippen LogP contribution in [0.4, 0.5) is 11.5 Å². The molecule has 3 aromatic rings. The predicted octanol–water partition coefficient (Wildman–Crippen LogP) is 3.21. The molecule has 1 atom stereocenters. The van der Waals surface area contributed by atoms with Gasteiger partial charge in [-0.15, -0.1) is 0 Å². The normalized spacial score (nSPS) is 21.1. The topological polar surface area (TPSA) is 80.1 Å². The molecule has 1 aliphatic carbocycles. The highest BCUT2D eigenvalue weighted by Gasteiger charge is 2.33. The third kappa shape index (κ3) is 2.70. The first kappa shape index (κ1) is 15.6. The van der Waals surface area contributed by atoms with Crippen LogP contribution in [0.25, 0.3) is 22.4 Å². The fourth-order valence-electron chi connectivity index (χ4n) is 3.90. The summed E-state index contributed by atoms with van der Waals surface area (Å²) in [5.41, 5.74) is 9.50. The Morgan fingerprint density at radius 3 is 2.77 bits per heavy atom. The molecule has 5 rings (SSSR count). The van der Waals surface area contributed by atoms with E-state index in [2.05, 4.69) is 14.9 Å². The molecule has 1 saturated heterocycles. The minimum Gasteiger partial charge on any atom is -0.399 e. The van der Waals surface area contributed by atoms with Crippen molar-refractivity contribution in [1.29, 1.82) is 0 Å². The van der Waals surface area contributed by atoms with Crippen LogP contribution in [-0.4, -0.2) is 40.8 Å². The number of fused-ring (bicyclic) bond motifs is 1. The molecule has 26 heavy (non-hydrogen) atoms. The van der Waals surface area contributed by atoms with Crippen LogP contribution < -0.4 is 10.6 Å². The maximum atomic E-state index is 6.02. The number of ether oxygens (including phenoxy) is 1. The highest BCUT2D eigenvalue weighted by Crippen LogP contribution is 2.34. The number of rotatable bonds is 3. The zero-order chi connectivity index (χ0) is 17.5. The number of benzene rings is 1. The summed E-state index contributed by atoms with van der Waals surface area (Å²) in [5.74, 6) is 2.51. The van der Waals surface area contributed by atoms with Crippen molar-refractivity contribution < 1.29 is 4.74 Å². The van der Waals surface area contributed by atoms with E-state index in [4.69, 9.17) is 15.5 Å². The Kier molecular flexibility index (Phi) is 3.78. The fourth-order valence-corrected chi connectivity index (χ4v) is 3.90. The van der Waals surface area contributed by atoms with Crippen molar-refractivity contribution >= 4 is 22.5 Å². The van der Waals surface area contributed by atoms with Crippen molar-refractivity contribution in [3.63, 3.8) is 0 Å². The summed E-state index contributed by atoms with van der Waals surface area (Å²) in [7, 11) is 0. The van der Waals surface area contributed by atoms with Gasteiger partial charge in [-0.1, -0.05) is 6.42 Å². The molecular weight excluding hydrogens is 326 g/mol. The molecule has 6 heteroatoms. The molecule has 1 saturated carbocycles. The van der Waals surface area contributed by atoms with Crippen LogP contribution in [0.15, 0.2) is 36.5 Å². The van der Waals surface area contributed by atoms with Crippen LogP contribution in [-0.2, 0) is 4.74 Å². The van der Waals surface area contributed by atoms with Gasteiger partial charge in [-0.2, -0.15) is 0 Å². The van der Waals surface area contributed by atoms with E-state index in [1.165, 1.54) is 19.3 Å². The van der Waals surface area contributed by atoms with E-state index in [9.17, 15) is 0 Å². The number of hydrogen-bond donors (Lipinski definition) is 2. The van der Waals surface area contributed by atoms with E-state index in [-0.39, 0.29) is 0 Å². The summed E-state index contributed by atoms with van der Waals surface area (Å²) in [4.78, 5) is 15.3. The third-order valence-corrected chi connectivity index (χ3v) is 5.63. The number of aromatic nitrogens is 3. The van der Waals surface area contributed by atoms with Crippen LogP contribution in [0.2, 0.25) is 0 Å². The molecule has 1 aliphatic heterocycles. The van der Waals surface area contributed by atoms with Gasteiger partial charge < -0.3 is 20.4 Å². The van der Waals surface area contributed by atoms with Crippen molar-refractivity contribution in [3.05, 3.63) is 36.5 Å². The number of nitrogens with two attached hydrogens (primary N) is 1. The third-order valence-electron chi connectivity index (χ3n) is 5.63. The van der Waals surface area contributed by atoms with Crippen molar-refractivity contribution in [2.24, 2.45) is 5.92 Å². The number of nitrogens with one attached hydrogen (secondary N) is 1. The number of aromatic amines is 1. The van der Waals surface area contributed by atoms with Gasteiger partial charge in [0.25, 0.3) is 0 Å². The average Bonchev–Trinajstić information content (AvgIpc) is 3.05. The SMILES string of the molecule is Nc1ccc(-c2nc3c(N4CCOC(C5CCC5)C4)nccc3[nH]2)cc1. The van der Waals surface area contributed by atoms with Gasteiger partial charge in [-0.25, -0.2) is 9.97 Å². The Morgan fingerprint density at radius 1 is 1.15 bits per heavy atom. The maximum absolute atomic E-state index is 6.02. The predicted molar refractivity (Wildman–Crippen MR) is 103 cm³/mol. The van der Waals surface area contributed by atoms with Gasteiger partial charge in [0.15, 0.2) is 5.82 Å². The summed E-state index contributed by atoms with van der Waals surface area (Å²) < 4.78 is 6.02. The monoisotopic (exact) mass is 349 g/mol. The molecule has 0 bridgehead atoms. The lowest BCUT2D eigenvalue weighted by Crippen LogP contribution is -2.47. The van der Waals surface area contributed by atoms with Crippen molar-refractivity contribution in [2.45, 2.75) is 25.4 Å². The van der Waals surface area contributed by atoms with Crippen LogP contribution in [0.5, 0.6) is 0 Å². The molecule has 134 valence electrons. The standard InChI is InChI=1S/C20H23N5O/c21-15-6-4-14(5-7-15)19-23-16-8-9-22-20(18(16)24-19)25-10-11-26-17(12-25)13-2-1-3-13/h4-9,13,17H,1-3,10-12,21H2,(H,23,24). The number of H-pyrrole nitrogens is 1. The molecular formula is C20H23N5O. The molecule has 1 unspecified atom stereocenters. The van der Waals surface area contributed by atoms with Gasteiger partial charge in [-0.3, -0.25) is 0 Å². The highest BCUT2D eigenvalue weighted by atomic mass is 16.5. The van der Waals surface area contributed by atoms with E-state index < -0.39 is 0 Å². The summed E-state index contributed by atoms with van der Waals surface area (Å²) in [6, 6.07) is 9.75. The van der Waals surface area contributed by atoms with Crippen LogP contribution in [0.1, 0.15) is 19.3 Å². The quantitative estimate of drug-likeness (QED) is 0.710. The molecule has 2 aliphatic rings. The Hall–Kier alpha value is -2.60. The number of nitrogens with zero attached hydrogens (tertiary/aromatic N) is 3. The Morgan fingerprint density at radius 2 is 2.00 bits per heavy atom. The largest absolute Gasteiger partial charge is 0.399 e. The van der Waals surface area contributed by atoms with Crippen molar-refractivity contribution in [3.8, 4) is 11.4 Å².